The van der Waals surface area contributed by atoms with Crippen molar-refractivity contribution in [3.05, 3.63) is 0 Å². The third kappa shape index (κ3) is 7.66. The van der Waals surface area contributed by atoms with Crippen LogP contribution in [0.15, 0.2) is 0 Å². The van der Waals surface area contributed by atoms with E-state index < -0.39 is 149 Å². The molecule has 4 rings (SSSR count). The molecule has 0 aromatic carbocycles. The summed E-state index contributed by atoms with van der Waals surface area (Å²) in [4.78, 5) is 0. The SMILES string of the molecule is CO[C@@H]1C(O)[C@H](O[C@@H]2C(O)[C@H](O[C@@H]3C(O)[C@@H](C)OC(CO[C@@H]4OC(CO)[C@@H](O)[C@H](O)C4O)[C@H]3O)OC(CO)[C@H]2O)OC(CO)[C@H]1O. The predicted molar refractivity (Wildman–Crippen MR) is 142 cm³/mol. The number of methoxy groups -OCH3 is 1. The van der Waals surface area contributed by atoms with E-state index in [9.17, 15) is 61.3 Å². The number of rotatable bonds is 11. The minimum Gasteiger partial charge on any atom is -0.394 e. The molecule has 4 aliphatic rings. The first-order valence-corrected chi connectivity index (χ1v) is 14.8. The summed E-state index contributed by atoms with van der Waals surface area (Å²) in [5.74, 6) is 0. The molecular formula is C26H46O20. The molecule has 270 valence electrons. The molecule has 0 bridgehead atoms. The zero-order valence-corrected chi connectivity index (χ0v) is 25.0. The molecular weight excluding hydrogens is 632 g/mol. The second kappa shape index (κ2) is 16.3. The van der Waals surface area contributed by atoms with Crippen molar-refractivity contribution in [2.45, 2.75) is 130 Å². The van der Waals surface area contributed by atoms with E-state index in [-0.39, 0.29) is 0 Å². The number of hydrogen-bond donors (Lipinski definition) is 12. The minimum atomic E-state index is -1.91. The third-order valence-electron chi connectivity index (χ3n) is 8.70. The highest BCUT2D eigenvalue weighted by Crippen LogP contribution is 2.33. The lowest BCUT2D eigenvalue weighted by Gasteiger charge is -2.48. The Morgan fingerprint density at radius 3 is 1.41 bits per heavy atom. The van der Waals surface area contributed by atoms with Crippen LogP contribution in [-0.4, -0.2) is 217 Å². The molecule has 0 aliphatic carbocycles. The van der Waals surface area contributed by atoms with Gasteiger partial charge in [0.2, 0.25) is 0 Å². The molecule has 0 aromatic rings. The molecule has 4 heterocycles. The fraction of sp³-hybridized carbons (Fsp3) is 1.00. The van der Waals surface area contributed by atoms with Crippen LogP contribution >= 0.6 is 0 Å². The zero-order valence-electron chi connectivity index (χ0n) is 25.0. The third-order valence-corrected chi connectivity index (χ3v) is 8.70. The van der Waals surface area contributed by atoms with Crippen LogP contribution < -0.4 is 0 Å². The van der Waals surface area contributed by atoms with Crippen LogP contribution in [0.2, 0.25) is 0 Å². The van der Waals surface area contributed by atoms with Crippen molar-refractivity contribution in [3.63, 3.8) is 0 Å². The van der Waals surface area contributed by atoms with Crippen molar-refractivity contribution in [2.24, 2.45) is 0 Å². The first kappa shape index (κ1) is 38.0. The molecule has 20 heteroatoms. The van der Waals surface area contributed by atoms with Crippen LogP contribution in [-0.2, 0) is 37.9 Å². The molecule has 20 nitrogen and oxygen atoms in total. The number of aliphatic hydroxyl groups excluding tert-OH is 12. The van der Waals surface area contributed by atoms with Crippen LogP contribution in [0, 0.1) is 0 Å². The van der Waals surface area contributed by atoms with E-state index in [0.717, 1.165) is 0 Å². The van der Waals surface area contributed by atoms with Gasteiger partial charge in [-0.05, 0) is 6.92 Å². The summed E-state index contributed by atoms with van der Waals surface area (Å²) < 4.78 is 43.8. The molecule has 4 fully saturated rings. The largest absolute Gasteiger partial charge is 0.394 e. The van der Waals surface area contributed by atoms with Crippen LogP contribution in [0.5, 0.6) is 0 Å². The van der Waals surface area contributed by atoms with Crippen molar-refractivity contribution in [3.8, 4) is 0 Å². The Hall–Kier alpha value is -0.800. The second-order valence-corrected chi connectivity index (χ2v) is 11.7. The van der Waals surface area contributed by atoms with Gasteiger partial charge in [-0.15, -0.1) is 0 Å². The van der Waals surface area contributed by atoms with Crippen molar-refractivity contribution in [1.82, 2.24) is 0 Å². The maximum atomic E-state index is 11.1. The summed E-state index contributed by atoms with van der Waals surface area (Å²) in [5, 5.41) is 124. The molecule has 0 saturated carbocycles. The van der Waals surface area contributed by atoms with Crippen molar-refractivity contribution in [1.29, 1.82) is 0 Å². The molecule has 20 atom stereocenters. The van der Waals surface area contributed by atoms with E-state index in [4.69, 9.17) is 37.9 Å². The lowest BCUT2D eigenvalue weighted by molar-refractivity contribution is -0.375. The summed E-state index contributed by atoms with van der Waals surface area (Å²) in [7, 11) is 1.19. The molecule has 4 saturated heterocycles. The molecule has 12 N–H and O–H groups in total. The van der Waals surface area contributed by atoms with Gasteiger partial charge in [-0.1, -0.05) is 0 Å². The number of hydrogen-bond acceptors (Lipinski definition) is 20. The lowest BCUT2D eigenvalue weighted by atomic mass is 9.94. The van der Waals surface area contributed by atoms with Crippen molar-refractivity contribution in [2.75, 3.05) is 33.5 Å². The van der Waals surface area contributed by atoms with Crippen molar-refractivity contribution >= 4 is 0 Å². The molecule has 0 amide bonds. The van der Waals surface area contributed by atoms with Crippen LogP contribution in [0.4, 0.5) is 0 Å². The fourth-order valence-corrected chi connectivity index (χ4v) is 5.89. The molecule has 8 unspecified atom stereocenters. The standard InChI is InChI=1S/C26H46O20/c1-7-12(30)22(16(34)11(41-7)6-40-24-18(36)17(35)13(31)8(3-27)42-24)45-26-20(38)23(15(33)10(5-29)44-26)46-25-19(37)21(39-2)14(32)9(4-28)43-25/h7-38H,3-6H2,1-2H3/t7-,8?,9?,10?,11?,12?,13-,14-,15-,16-,17+,18?,19?,20?,21+,22-,23+,24-,25+,26+/m1/s1. The van der Waals surface area contributed by atoms with Crippen LogP contribution in [0.1, 0.15) is 6.92 Å². The molecule has 4 aliphatic heterocycles. The van der Waals surface area contributed by atoms with E-state index in [0.29, 0.717) is 0 Å². The van der Waals surface area contributed by atoms with Crippen LogP contribution in [0.3, 0.4) is 0 Å². The first-order valence-electron chi connectivity index (χ1n) is 14.8. The van der Waals surface area contributed by atoms with Gasteiger partial charge in [0.1, 0.15) is 97.7 Å². The molecule has 0 radical (unpaired) electrons. The van der Waals surface area contributed by atoms with Gasteiger partial charge in [0, 0.05) is 7.11 Å². The highest BCUT2D eigenvalue weighted by atomic mass is 16.7. The van der Waals surface area contributed by atoms with E-state index in [1.165, 1.54) is 14.0 Å². The Bertz CT molecular complexity index is 932. The lowest BCUT2D eigenvalue weighted by Crippen LogP contribution is -2.67. The topological polar surface area (TPSA) is 317 Å². The summed E-state index contributed by atoms with van der Waals surface area (Å²) in [6.07, 6.45) is -30.9. The zero-order chi connectivity index (χ0) is 34.0. The summed E-state index contributed by atoms with van der Waals surface area (Å²) in [6, 6.07) is 0. The Kier molecular flexibility index (Phi) is 13.4. The smallest absolute Gasteiger partial charge is 0.187 e. The number of ether oxygens (including phenoxy) is 8. The Labute approximate surface area is 262 Å². The second-order valence-electron chi connectivity index (χ2n) is 11.7. The fourth-order valence-electron chi connectivity index (χ4n) is 5.89. The van der Waals surface area contributed by atoms with Gasteiger partial charge < -0.3 is 99.2 Å². The Morgan fingerprint density at radius 1 is 0.457 bits per heavy atom. The summed E-state index contributed by atoms with van der Waals surface area (Å²) in [5.41, 5.74) is 0. The Balaban J connectivity index is 1.46. The van der Waals surface area contributed by atoms with Gasteiger partial charge in [-0.2, -0.15) is 0 Å². The molecule has 0 aromatic heterocycles. The maximum absolute atomic E-state index is 11.1. The Morgan fingerprint density at radius 2 is 0.891 bits per heavy atom. The van der Waals surface area contributed by atoms with Gasteiger partial charge in [0.05, 0.1) is 32.5 Å². The van der Waals surface area contributed by atoms with Crippen molar-refractivity contribution < 1.29 is 99.2 Å². The highest BCUT2D eigenvalue weighted by Gasteiger charge is 2.54. The average Bonchev–Trinajstić information content (AvgIpc) is 3.04. The maximum Gasteiger partial charge on any atom is 0.187 e. The average molecular weight is 679 g/mol. The van der Waals surface area contributed by atoms with E-state index in [1.54, 1.807) is 0 Å². The quantitative estimate of drug-likeness (QED) is 0.0965. The predicted octanol–water partition coefficient (Wildman–Crippen LogP) is -8.02. The highest BCUT2D eigenvalue weighted by molar-refractivity contribution is 4.97. The molecule has 0 spiro atoms. The van der Waals surface area contributed by atoms with Gasteiger partial charge in [0.15, 0.2) is 18.9 Å². The summed E-state index contributed by atoms with van der Waals surface area (Å²) >= 11 is 0. The molecule has 46 heavy (non-hydrogen) atoms. The normalized spacial score (nSPS) is 52.0. The van der Waals surface area contributed by atoms with Gasteiger partial charge >= 0.3 is 0 Å². The minimum absolute atomic E-state index is 0.520. The van der Waals surface area contributed by atoms with E-state index in [2.05, 4.69) is 0 Å². The summed E-state index contributed by atoms with van der Waals surface area (Å²) in [6.45, 7) is -1.30. The monoisotopic (exact) mass is 678 g/mol. The van der Waals surface area contributed by atoms with E-state index in [1.807, 2.05) is 0 Å². The van der Waals surface area contributed by atoms with Gasteiger partial charge in [-0.25, -0.2) is 0 Å². The first-order chi connectivity index (χ1) is 21.8. The van der Waals surface area contributed by atoms with Crippen LogP contribution in [0.25, 0.3) is 0 Å². The van der Waals surface area contributed by atoms with E-state index >= 15 is 0 Å². The van der Waals surface area contributed by atoms with Gasteiger partial charge in [0.25, 0.3) is 0 Å². The number of aliphatic hydroxyl groups is 12. The van der Waals surface area contributed by atoms with Gasteiger partial charge in [-0.3, -0.25) is 0 Å².